The number of hydrogen-bond acceptors (Lipinski definition) is 10. The molecule has 2 aromatic rings. The van der Waals surface area contributed by atoms with Crippen molar-refractivity contribution in [2.75, 3.05) is 7.05 Å². The third-order valence-electron chi connectivity index (χ3n) is 6.93. The van der Waals surface area contributed by atoms with Gasteiger partial charge in [-0.25, -0.2) is 0 Å². The first-order chi connectivity index (χ1) is 20.3. The van der Waals surface area contributed by atoms with Gasteiger partial charge in [0.2, 0.25) is 6.29 Å². The van der Waals surface area contributed by atoms with Crippen LogP contribution >= 0.6 is 0 Å². The van der Waals surface area contributed by atoms with Crippen molar-refractivity contribution >= 4 is 29.8 Å². The summed E-state index contributed by atoms with van der Waals surface area (Å²) in [5.74, 6) is -4.29. The van der Waals surface area contributed by atoms with Crippen molar-refractivity contribution in [1.82, 2.24) is 5.32 Å². The zero-order chi connectivity index (χ0) is 31.8. The molecular weight excluding hydrogens is 562 g/mol. The average molecular weight is 600 g/mol. The van der Waals surface area contributed by atoms with Gasteiger partial charge in [-0.3, -0.25) is 24.0 Å². The van der Waals surface area contributed by atoms with Crippen LogP contribution in [0.4, 0.5) is 0 Å². The van der Waals surface area contributed by atoms with Crippen LogP contribution in [0.1, 0.15) is 56.5 Å². The molecule has 232 valence electrons. The lowest BCUT2D eigenvalue weighted by Gasteiger charge is -2.46. The highest BCUT2D eigenvalue weighted by Gasteiger charge is 2.54. The third-order valence-corrected chi connectivity index (χ3v) is 6.93. The Bertz CT molecular complexity index is 1360. The quantitative estimate of drug-likeness (QED) is 0.287. The Balaban J connectivity index is 2.04. The van der Waals surface area contributed by atoms with E-state index in [1.807, 2.05) is 12.1 Å². The highest BCUT2D eigenvalue weighted by molar-refractivity contribution is 5.95. The van der Waals surface area contributed by atoms with Crippen LogP contribution in [-0.4, -0.2) is 72.6 Å². The number of carboxylic acid groups (broad SMARTS) is 1. The fourth-order valence-electron chi connectivity index (χ4n) is 5.12. The monoisotopic (exact) mass is 599 g/mol. The number of esters is 3. The van der Waals surface area contributed by atoms with Gasteiger partial charge in [0, 0.05) is 33.4 Å². The highest BCUT2D eigenvalue weighted by atomic mass is 16.7. The summed E-state index contributed by atoms with van der Waals surface area (Å²) in [5, 5.41) is 12.3. The molecule has 0 aliphatic carbocycles. The van der Waals surface area contributed by atoms with Gasteiger partial charge < -0.3 is 34.1 Å². The summed E-state index contributed by atoms with van der Waals surface area (Å²) >= 11 is 0. The predicted molar refractivity (Wildman–Crippen MR) is 152 cm³/mol. The third kappa shape index (κ3) is 8.54. The van der Waals surface area contributed by atoms with Crippen molar-refractivity contribution in [1.29, 1.82) is 0 Å². The summed E-state index contributed by atoms with van der Waals surface area (Å²) in [6.45, 7) is 7.03. The maximum absolute atomic E-state index is 12.2. The van der Waals surface area contributed by atoms with Gasteiger partial charge >= 0.3 is 23.9 Å². The first-order valence-corrected chi connectivity index (χ1v) is 13.8. The molecule has 0 radical (unpaired) electrons. The molecule has 2 N–H and O–H groups in total. The molecule has 1 saturated heterocycles. The lowest BCUT2D eigenvalue weighted by molar-refractivity contribution is -0.284. The van der Waals surface area contributed by atoms with E-state index in [0.717, 1.165) is 25.0 Å². The van der Waals surface area contributed by atoms with Gasteiger partial charge in [0.1, 0.15) is 24.1 Å². The Morgan fingerprint density at radius 1 is 0.930 bits per heavy atom. The zero-order valence-corrected chi connectivity index (χ0v) is 24.9. The fourth-order valence-corrected chi connectivity index (χ4v) is 5.12. The van der Waals surface area contributed by atoms with E-state index in [1.54, 1.807) is 51.2 Å². The SMILES string of the molecule is CC[C@H](OC(C)=O)[C@H]1O[C@H](Oc2ccc(-c3cccc(C(=O)NC)c3)cc2C)[C@@H](OC(C)=O)[C@@H](CC(=O)O)[C@H]1OC(C)=O. The highest BCUT2D eigenvalue weighted by Crippen LogP contribution is 2.38. The maximum atomic E-state index is 12.2. The van der Waals surface area contributed by atoms with Crippen molar-refractivity contribution in [3.8, 4) is 16.9 Å². The summed E-state index contributed by atoms with van der Waals surface area (Å²) in [7, 11) is 1.55. The van der Waals surface area contributed by atoms with Crippen LogP contribution in [-0.2, 0) is 38.1 Å². The van der Waals surface area contributed by atoms with Gasteiger partial charge in [-0.2, -0.15) is 0 Å². The van der Waals surface area contributed by atoms with Crippen LogP contribution in [0.2, 0.25) is 0 Å². The first kappa shape index (κ1) is 33.1. The number of aryl methyl sites for hydroxylation is 1. The lowest BCUT2D eigenvalue weighted by Crippen LogP contribution is -2.62. The first-order valence-electron chi connectivity index (χ1n) is 13.8. The molecule has 1 heterocycles. The van der Waals surface area contributed by atoms with E-state index in [9.17, 15) is 29.1 Å². The Morgan fingerprint density at radius 2 is 1.58 bits per heavy atom. The normalized spacial score (nSPS) is 22.0. The van der Waals surface area contributed by atoms with E-state index in [0.29, 0.717) is 16.9 Å². The summed E-state index contributed by atoms with van der Waals surface area (Å²) in [5.41, 5.74) is 2.75. The summed E-state index contributed by atoms with van der Waals surface area (Å²) in [6.07, 6.45) is -6.27. The Hall–Kier alpha value is -4.45. The smallest absolute Gasteiger partial charge is 0.303 e. The van der Waals surface area contributed by atoms with Crippen LogP contribution < -0.4 is 10.1 Å². The molecule has 6 atom stereocenters. The fraction of sp³-hybridized carbons (Fsp3) is 0.452. The second kappa shape index (κ2) is 14.6. The Kier molecular flexibility index (Phi) is 11.2. The number of aliphatic carboxylic acids is 1. The van der Waals surface area contributed by atoms with E-state index < -0.39 is 66.9 Å². The van der Waals surface area contributed by atoms with Crippen molar-refractivity contribution in [2.24, 2.45) is 5.92 Å². The number of rotatable bonds is 11. The number of carbonyl (C=O) groups is 5. The second-order valence-electron chi connectivity index (χ2n) is 10.2. The van der Waals surface area contributed by atoms with Gasteiger partial charge in [0.05, 0.1) is 12.3 Å². The van der Waals surface area contributed by atoms with Crippen LogP contribution in [0, 0.1) is 12.8 Å². The standard InChI is InChI=1S/C31H37NO11/c1-7-24(39-17(3)33)29-27(40-18(4)34)23(15-26(36)37)28(41-19(5)35)31(43-29)42-25-12-11-21(13-16(25)2)20-9-8-10-22(14-20)30(38)32-6/h8-14,23-24,27-29,31H,7,15H2,1-6H3,(H,32,38)(H,36,37)/t23-,24-,27+,28-,29+,31-/m0/s1. The number of carboxylic acids is 1. The molecule has 0 unspecified atom stereocenters. The minimum absolute atomic E-state index is 0.221. The average Bonchev–Trinajstić information content (AvgIpc) is 2.94. The molecule has 43 heavy (non-hydrogen) atoms. The number of ether oxygens (including phenoxy) is 5. The summed E-state index contributed by atoms with van der Waals surface area (Å²) in [6, 6.07) is 12.4. The Labute approximate surface area is 249 Å². The van der Waals surface area contributed by atoms with Gasteiger partial charge in [-0.1, -0.05) is 25.1 Å². The largest absolute Gasteiger partial charge is 0.481 e. The molecule has 12 nitrogen and oxygen atoms in total. The summed E-state index contributed by atoms with van der Waals surface area (Å²) < 4.78 is 28.9. The van der Waals surface area contributed by atoms with E-state index in [2.05, 4.69) is 5.32 Å². The molecule has 12 heteroatoms. The topological polar surface area (TPSA) is 164 Å². The van der Waals surface area contributed by atoms with E-state index in [-0.39, 0.29) is 12.3 Å². The van der Waals surface area contributed by atoms with Crippen LogP contribution in [0.3, 0.4) is 0 Å². The van der Waals surface area contributed by atoms with Crippen molar-refractivity contribution in [2.45, 2.75) is 78.2 Å². The van der Waals surface area contributed by atoms with Crippen molar-refractivity contribution in [3.63, 3.8) is 0 Å². The zero-order valence-electron chi connectivity index (χ0n) is 24.9. The molecule has 0 aromatic heterocycles. The van der Waals surface area contributed by atoms with Crippen LogP contribution in [0.25, 0.3) is 11.1 Å². The number of amides is 1. The molecule has 1 aliphatic rings. The molecule has 3 rings (SSSR count). The van der Waals surface area contributed by atoms with Gasteiger partial charge in [0.25, 0.3) is 5.91 Å². The van der Waals surface area contributed by atoms with Crippen molar-refractivity contribution in [3.05, 3.63) is 53.6 Å². The number of nitrogens with one attached hydrogen (secondary N) is 1. The van der Waals surface area contributed by atoms with E-state index >= 15 is 0 Å². The molecule has 0 spiro atoms. The number of carbonyl (C=O) groups excluding carboxylic acids is 4. The molecular formula is C31H37NO11. The summed E-state index contributed by atoms with van der Waals surface area (Å²) in [4.78, 5) is 60.2. The molecule has 1 amide bonds. The second-order valence-corrected chi connectivity index (χ2v) is 10.2. The molecule has 2 aromatic carbocycles. The number of hydrogen-bond donors (Lipinski definition) is 2. The van der Waals surface area contributed by atoms with Gasteiger partial charge in [-0.15, -0.1) is 0 Å². The molecule has 1 fully saturated rings. The van der Waals surface area contributed by atoms with Gasteiger partial charge in [-0.05, 0) is 54.3 Å². The van der Waals surface area contributed by atoms with Gasteiger partial charge in [0.15, 0.2) is 6.10 Å². The van der Waals surface area contributed by atoms with E-state index in [4.69, 9.17) is 23.7 Å². The minimum Gasteiger partial charge on any atom is -0.481 e. The Morgan fingerprint density at radius 3 is 2.14 bits per heavy atom. The molecule has 1 aliphatic heterocycles. The van der Waals surface area contributed by atoms with Crippen LogP contribution in [0.5, 0.6) is 5.75 Å². The number of benzene rings is 2. The molecule has 0 bridgehead atoms. The minimum atomic E-state index is -1.35. The van der Waals surface area contributed by atoms with Crippen molar-refractivity contribution < 1.29 is 52.8 Å². The van der Waals surface area contributed by atoms with Crippen LogP contribution in [0.15, 0.2) is 42.5 Å². The molecule has 0 saturated carbocycles. The van der Waals surface area contributed by atoms with E-state index in [1.165, 1.54) is 6.92 Å². The maximum Gasteiger partial charge on any atom is 0.303 e. The predicted octanol–water partition coefficient (Wildman–Crippen LogP) is 3.42. The lowest BCUT2D eigenvalue weighted by atomic mass is 9.83.